The van der Waals surface area contributed by atoms with E-state index in [4.69, 9.17) is 10.5 Å². The molecule has 0 saturated carbocycles. The van der Waals surface area contributed by atoms with Crippen LogP contribution >= 0.6 is 0 Å². The minimum absolute atomic E-state index is 0.109. The third kappa shape index (κ3) is 2.52. The molecule has 0 aliphatic rings. The number of nitrogens with two attached hydrogens (primary N) is 1. The van der Waals surface area contributed by atoms with Gasteiger partial charge in [-0.1, -0.05) is 0 Å². The van der Waals surface area contributed by atoms with Crippen molar-refractivity contribution < 1.29 is 13.5 Å². The van der Waals surface area contributed by atoms with E-state index in [1.807, 2.05) is 0 Å². The number of rotatable bonds is 3. The van der Waals surface area contributed by atoms with Gasteiger partial charge in [-0.05, 0) is 30.3 Å². The van der Waals surface area contributed by atoms with Crippen LogP contribution in [0.1, 0.15) is 0 Å². The zero-order valence-corrected chi connectivity index (χ0v) is 13.6. The number of nitrogens with zero attached hydrogens (tertiary/aromatic N) is 4. The molecule has 8 heteroatoms. The maximum Gasteiger partial charge on any atom is 0.250 e. The lowest BCUT2D eigenvalue weighted by Gasteiger charge is -2.14. The van der Waals surface area contributed by atoms with E-state index in [0.29, 0.717) is 28.2 Å². The van der Waals surface area contributed by atoms with E-state index in [-0.39, 0.29) is 17.5 Å². The lowest BCUT2D eigenvalue weighted by Crippen LogP contribution is -2.04. The van der Waals surface area contributed by atoms with E-state index in [1.54, 1.807) is 28.9 Å². The van der Waals surface area contributed by atoms with Gasteiger partial charge in [0.15, 0.2) is 17.3 Å². The van der Waals surface area contributed by atoms with Gasteiger partial charge < -0.3 is 10.5 Å². The van der Waals surface area contributed by atoms with E-state index < -0.39 is 5.82 Å². The second-order valence-corrected chi connectivity index (χ2v) is 5.54. The number of fused-ring (bicyclic) bond motifs is 1. The smallest absolute Gasteiger partial charge is 0.250 e. The SMILES string of the molecule is COc1ncc(-c2c(-c3ccc(F)cc3)nc(N)c3nccn23)cc1F. The van der Waals surface area contributed by atoms with Gasteiger partial charge >= 0.3 is 0 Å². The Bertz CT molecular complexity index is 1110. The lowest BCUT2D eigenvalue weighted by molar-refractivity contribution is 0.369. The van der Waals surface area contributed by atoms with Gasteiger partial charge in [-0.3, -0.25) is 4.40 Å². The first-order valence-electron chi connectivity index (χ1n) is 7.67. The minimum Gasteiger partial charge on any atom is -0.479 e. The molecule has 0 radical (unpaired) electrons. The van der Waals surface area contributed by atoms with Crippen LogP contribution in [-0.4, -0.2) is 26.5 Å². The molecule has 4 rings (SSSR count). The Balaban J connectivity index is 2.04. The molecule has 4 aromatic rings. The predicted molar refractivity (Wildman–Crippen MR) is 92.5 cm³/mol. The van der Waals surface area contributed by atoms with Crippen molar-refractivity contribution >= 4 is 11.5 Å². The number of nitrogen functional groups attached to an aromatic ring is 1. The van der Waals surface area contributed by atoms with Crippen molar-refractivity contribution in [2.24, 2.45) is 0 Å². The van der Waals surface area contributed by atoms with E-state index in [1.165, 1.54) is 31.5 Å². The standard InChI is InChI=1S/C18H13F2N5O/c1-26-18-13(20)8-11(9-23-18)15-14(10-2-4-12(19)5-3-10)24-16(21)17-22-6-7-25(15)17/h2-9H,1H3,(H2,21,24). The van der Waals surface area contributed by atoms with Crippen LogP contribution in [0.2, 0.25) is 0 Å². The summed E-state index contributed by atoms with van der Waals surface area (Å²) in [6, 6.07) is 7.10. The van der Waals surface area contributed by atoms with Crippen LogP contribution in [0, 0.1) is 11.6 Å². The Kier molecular flexibility index (Phi) is 3.72. The largest absolute Gasteiger partial charge is 0.479 e. The predicted octanol–water partition coefficient (Wildman–Crippen LogP) is 3.33. The van der Waals surface area contributed by atoms with Gasteiger partial charge in [0.1, 0.15) is 5.82 Å². The van der Waals surface area contributed by atoms with Crippen molar-refractivity contribution in [1.82, 2.24) is 19.4 Å². The fourth-order valence-corrected chi connectivity index (χ4v) is 2.80. The molecule has 0 aliphatic carbocycles. The topological polar surface area (TPSA) is 78.3 Å². The van der Waals surface area contributed by atoms with Gasteiger partial charge in [-0.25, -0.2) is 23.7 Å². The Hall–Kier alpha value is -3.55. The molecule has 130 valence electrons. The summed E-state index contributed by atoms with van der Waals surface area (Å²) in [6.45, 7) is 0. The maximum absolute atomic E-state index is 14.2. The summed E-state index contributed by atoms with van der Waals surface area (Å²) in [5.74, 6) is -0.883. The second kappa shape index (κ2) is 6.07. The molecule has 0 saturated heterocycles. The summed E-state index contributed by atoms with van der Waals surface area (Å²) in [5, 5.41) is 0. The molecular weight excluding hydrogens is 340 g/mol. The van der Waals surface area contributed by atoms with Gasteiger partial charge in [-0.15, -0.1) is 0 Å². The summed E-state index contributed by atoms with van der Waals surface area (Å²) in [4.78, 5) is 12.6. The molecule has 1 aromatic carbocycles. The Morgan fingerprint density at radius 1 is 1.08 bits per heavy atom. The number of anilines is 1. The molecule has 0 fully saturated rings. The van der Waals surface area contributed by atoms with Crippen molar-refractivity contribution in [3.63, 3.8) is 0 Å². The molecule has 26 heavy (non-hydrogen) atoms. The molecule has 0 spiro atoms. The van der Waals surface area contributed by atoms with Gasteiger partial charge in [0.05, 0.1) is 18.5 Å². The zero-order chi connectivity index (χ0) is 18.3. The molecule has 0 unspecified atom stereocenters. The van der Waals surface area contributed by atoms with E-state index in [2.05, 4.69) is 15.0 Å². The first kappa shape index (κ1) is 15.9. The summed E-state index contributed by atoms with van der Waals surface area (Å²) in [7, 11) is 1.34. The summed E-state index contributed by atoms with van der Waals surface area (Å²) < 4.78 is 34.1. The lowest BCUT2D eigenvalue weighted by atomic mass is 10.0. The van der Waals surface area contributed by atoms with Crippen LogP contribution in [0.5, 0.6) is 5.88 Å². The number of halogens is 2. The molecule has 6 nitrogen and oxygen atoms in total. The number of hydrogen-bond acceptors (Lipinski definition) is 5. The average Bonchev–Trinajstić information content (AvgIpc) is 3.12. The van der Waals surface area contributed by atoms with Crippen molar-refractivity contribution in [1.29, 1.82) is 0 Å². The highest BCUT2D eigenvalue weighted by Crippen LogP contribution is 2.34. The van der Waals surface area contributed by atoms with Crippen molar-refractivity contribution in [2.45, 2.75) is 0 Å². The van der Waals surface area contributed by atoms with Crippen molar-refractivity contribution in [2.75, 3.05) is 12.8 Å². The highest BCUT2D eigenvalue weighted by atomic mass is 19.1. The second-order valence-electron chi connectivity index (χ2n) is 5.54. The first-order valence-corrected chi connectivity index (χ1v) is 7.67. The zero-order valence-electron chi connectivity index (χ0n) is 13.6. The maximum atomic E-state index is 14.2. The Labute approximate surface area is 146 Å². The molecule has 0 bridgehead atoms. The van der Waals surface area contributed by atoms with E-state index in [0.717, 1.165) is 0 Å². The minimum atomic E-state index is -0.611. The monoisotopic (exact) mass is 353 g/mol. The summed E-state index contributed by atoms with van der Waals surface area (Å²) in [5.41, 5.74) is 8.52. The molecule has 0 atom stereocenters. The molecule has 3 heterocycles. The molecule has 2 N–H and O–H groups in total. The van der Waals surface area contributed by atoms with Gasteiger partial charge in [0.2, 0.25) is 5.88 Å². The number of hydrogen-bond donors (Lipinski definition) is 1. The van der Waals surface area contributed by atoms with Crippen LogP contribution in [0.25, 0.3) is 28.2 Å². The number of imidazole rings is 1. The molecular formula is C18H13F2N5O. The van der Waals surface area contributed by atoms with Crippen molar-refractivity contribution in [3.05, 3.63) is 60.6 Å². The fraction of sp³-hybridized carbons (Fsp3) is 0.0556. The Morgan fingerprint density at radius 3 is 2.54 bits per heavy atom. The van der Waals surface area contributed by atoms with Crippen LogP contribution in [-0.2, 0) is 0 Å². The summed E-state index contributed by atoms with van der Waals surface area (Å²) >= 11 is 0. The summed E-state index contributed by atoms with van der Waals surface area (Å²) in [6.07, 6.45) is 4.73. The van der Waals surface area contributed by atoms with E-state index in [9.17, 15) is 8.78 Å². The Morgan fingerprint density at radius 2 is 1.85 bits per heavy atom. The van der Waals surface area contributed by atoms with Crippen LogP contribution in [0.15, 0.2) is 48.9 Å². The normalized spacial score (nSPS) is 11.0. The van der Waals surface area contributed by atoms with Gasteiger partial charge in [0.25, 0.3) is 0 Å². The third-order valence-electron chi connectivity index (χ3n) is 3.96. The highest BCUT2D eigenvalue weighted by Gasteiger charge is 2.18. The third-order valence-corrected chi connectivity index (χ3v) is 3.96. The number of methoxy groups -OCH3 is 1. The number of pyridine rings is 1. The fourth-order valence-electron chi connectivity index (χ4n) is 2.80. The van der Waals surface area contributed by atoms with Crippen LogP contribution in [0.3, 0.4) is 0 Å². The molecule has 3 aromatic heterocycles. The van der Waals surface area contributed by atoms with Crippen molar-refractivity contribution in [3.8, 4) is 28.4 Å². The van der Waals surface area contributed by atoms with Crippen LogP contribution in [0.4, 0.5) is 14.6 Å². The van der Waals surface area contributed by atoms with Gasteiger partial charge in [-0.2, -0.15) is 0 Å². The number of ether oxygens (including phenoxy) is 1. The molecule has 0 aliphatic heterocycles. The number of benzene rings is 1. The first-order chi connectivity index (χ1) is 12.6. The molecule has 0 amide bonds. The van der Waals surface area contributed by atoms with Crippen LogP contribution < -0.4 is 10.5 Å². The quantitative estimate of drug-likeness (QED) is 0.611. The van der Waals surface area contributed by atoms with Gasteiger partial charge in [0, 0.05) is 29.7 Å². The average molecular weight is 353 g/mol. The van der Waals surface area contributed by atoms with E-state index >= 15 is 0 Å². The highest BCUT2D eigenvalue weighted by molar-refractivity contribution is 5.82. The number of aromatic nitrogens is 4.